The van der Waals surface area contributed by atoms with Gasteiger partial charge in [-0.25, -0.2) is 0 Å². The van der Waals surface area contributed by atoms with Crippen molar-refractivity contribution in [3.8, 4) is 0 Å². The average Bonchev–Trinajstić information content (AvgIpc) is 3.38. The van der Waals surface area contributed by atoms with Crippen LogP contribution in [0.25, 0.3) is 0 Å². The van der Waals surface area contributed by atoms with Crippen LogP contribution in [-0.2, 0) is 16.1 Å². The standard InChI is InChI=1S/C19H25ClN2O2/c20-17-10-6-5-7-13(17)12-21-18(23)15-11-16(15)19(24)22-14-8-3-1-2-4-9-14/h5-7,10,14-16H,1-4,8-9,11-12H2,(H,21,23)(H,22,24). The Bertz CT molecular complexity index is 597. The van der Waals surface area contributed by atoms with Crippen molar-refractivity contribution in [2.24, 2.45) is 11.8 Å². The summed E-state index contributed by atoms with van der Waals surface area (Å²) in [5, 5.41) is 6.69. The second kappa shape index (κ2) is 8.02. The topological polar surface area (TPSA) is 58.2 Å². The third-order valence-corrected chi connectivity index (χ3v) is 5.45. The molecule has 2 atom stereocenters. The Kier molecular flexibility index (Phi) is 5.77. The first kappa shape index (κ1) is 17.3. The van der Waals surface area contributed by atoms with Crippen molar-refractivity contribution in [3.05, 3.63) is 34.9 Å². The predicted molar refractivity (Wildman–Crippen MR) is 94.5 cm³/mol. The fourth-order valence-electron chi connectivity index (χ4n) is 3.46. The van der Waals surface area contributed by atoms with Crippen molar-refractivity contribution >= 4 is 23.4 Å². The van der Waals surface area contributed by atoms with Crippen LogP contribution >= 0.6 is 11.6 Å². The maximum Gasteiger partial charge on any atom is 0.224 e. The third kappa shape index (κ3) is 4.50. The van der Waals surface area contributed by atoms with Gasteiger partial charge in [0.25, 0.3) is 0 Å². The van der Waals surface area contributed by atoms with E-state index in [0.29, 0.717) is 24.0 Å². The van der Waals surface area contributed by atoms with E-state index in [-0.39, 0.29) is 23.7 Å². The first-order valence-electron chi connectivity index (χ1n) is 8.96. The molecule has 4 nitrogen and oxygen atoms in total. The summed E-state index contributed by atoms with van der Waals surface area (Å²) < 4.78 is 0. The minimum atomic E-state index is -0.182. The highest BCUT2D eigenvalue weighted by Crippen LogP contribution is 2.39. The van der Waals surface area contributed by atoms with Crippen molar-refractivity contribution in [2.45, 2.75) is 57.5 Å². The SMILES string of the molecule is O=C(NCc1ccccc1Cl)C1CC1C(=O)NC1CCCCCC1. The number of hydrogen-bond acceptors (Lipinski definition) is 2. The highest BCUT2D eigenvalue weighted by molar-refractivity contribution is 6.31. The molecule has 1 aromatic rings. The van der Waals surface area contributed by atoms with Crippen molar-refractivity contribution in [2.75, 3.05) is 0 Å². The first-order chi connectivity index (χ1) is 11.6. The summed E-state index contributed by atoms with van der Waals surface area (Å²) in [4.78, 5) is 24.5. The second-order valence-corrected chi connectivity index (χ2v) is 7.36. The number of carbonyl (C=O) groups is 2. The minimum Gasteiger partial charge on any atom is -0.353 e. The minimum absolute atomic E-state index is 0.0454. The lowest BCUT2D eigenvalue weighted by Gasteiger charge is -2.16. The molecule has 2 aliphatic carbocycles. The molecule has 2 unspecified atom stereocenters. The molecule has 2 aliphatic rings. The van der Waals surface area contributed by atoms with Crippen LogP contribution in [0.4, 0.5) is 0 Å². The summed E-state index contributed by atoms with van der Waals surface area (Å²) in [6, 6.07) is 7.76. The molecule has 2 amide bonds. The molecule has 3 rings (SSSR count). The van der Waals surface area contributed by atoms with Gasteiger partial charge in [0.1, 0.15) is 0 Å². The normalized spacial score (nSPS) is 24.0. The smallest absolute Gasteiger partial charge is 0.224 e. The maximum absolute atomic E-state index is 12.3. The van der Waals surface area contributed by atoms with Gasteiger partial charge >= 0.3 is 0 Å². The van der Waals surface area contributed by atoms with Crippen molar-refractivity contribution in [1.82, 2.24) is 10.6 Å². The second-order valence-electron chi connectivity index (χ2n) is 6.95. The number of halogens is 1. The average molecular weight is 349 g/mol. The van der Waals surface area contributed by atoms with E-state index in [1.54, 1.807) is 0 Å². The lowest BCUT2D eigenvalue weighted by molar-refractivity contribution is -0.127. The van der Waals surface area contributed by atoms with Crippen LogP contribution in [-0.4, -0.2) is 17.9 Å². The summed E-state index contributed by atoms with van der Waals surface area (Å²) in [7, 11) is 0. The number of rotatable bonds is 5. The van der Waals surface area contributed by atoms with E-state index in [1.807, 2.05) is 24.3 Å². The zero-order chi connectivity index (χ0) is 16.9. The van der Waals surface area contributed by atoms with Gasteiger partial charge in [-0.05, 0) is 30.9 Å². The molecule has 0 heterocycles. The van der Waals surface area contributed by atoms with Gasteiger partial charge in [0, 0.05) is 17.6 Å². The maximum atomic E-state index is 12.3. The molecule has 0 radical (unpaired) electrons. The number of nitrogens with one attached hydrogen (secondary N) is 2. The van der Waals surface area contributed by atoms with Crippen LogP contribution in [0.1, 0.15) is 50.5 Å². The van der Waals surface area contributed by atoms with Crippen LogP contribution in [0.2, 0.25) is 5.02 Å². The quantitative estimate of drug-likeness (QED) is 0.801. The van der Waals surface area contributed by atoms with Crippen LogP contribution in [0.5, 0.6) is 0 Å². The van der Waals surface area contributed by atoms with Crippen molar-refractivity contribution in [1.29, 1.82) is 0 Å². The van der Waals surface area contributed by atoms with Gasteiger partial charge in [0.15, 0.2) is 0 Å². The van der Waals surface area contributed by atoms with Crippen LogP contribution in [0.3, 0.4) is 0 Å². The van der Waals surface area contributed by atoms with Gasteiger partial charge in [-0.2, -0.15) is 0 Å². The van der Waals surface area contributed by atoms with E-state index in [1.165, 1.54) is 25.7 Å². The Morgan fingerprint density at radius 3 is 2.38 bits per heavy atom. The molecule has 0 aliphatic heterocycles. The van der Waals surface area contributed by atoms with Crippen LogP contribution in [0, 0.1) is 11.8 Å². The number of hydrogen-bond donors (Lipinski definition) is 2. The van der Waals surface area contributed by atoms with Crippen molar-refractivity contribution in [3.63, 3.8) is 0 Å². The summed E-state index contributed by atoms with van der Waals surface area (Å²) in [6.45, 7) is 0.409. The Hall–Kier alpha value is -1.55. The fraction of sp³-hybridized carbons (Fsp3) is 0.579. The Morgan fingerprint density at radius 2 is 1.67 bits per heavy atom. The summed E-state index contributed by atoms with van der Waals surface area (Å²) >= 11 is 6.09. The van der Waals surface area contributed by atoms with Gasteiger partial charge in [0.05, 0.1) is 11.8 Å². The van der Waals surface area contributed by atoms with Gasteiger partial charge < -0.3 is 10.6 Å². The molecular formula is C19H25ClN2O2. The van der Waals surface area contributed by atoms with Crippen molar-refractivity contribution < 1.29 is 9.59 Å². The van der Waals surface area contributed by atoms with E-state index < -0.39 is 0 Å². The Labute approximate surface area is 148 Å². The lowest BCUT2D eigenvalue weighted by Crippen LogP contribution is -2.36. The largest absolute Gasteiger partial charge is 0.353 e. The van der Waals surface area contributed by atoms with E-state index in [9.17, 15) is 9.59 Å². The number of amides is 2. The molecule has 0 aromatic heterocycles. The molecule has 0 spiro atoms. The summed E-state index contributed by atoms with van der Waals surface area (Å²) in [6.07, 6.45) is 7.72. The number of carbonyl (C=O) groups excluding carboxylic acids is 2. The molecule has 24 heavy (non-hydrogen) atoms. The predicted octanol–water partition coefficient (Wildman–Crippen LogP) is 3.43. The summed E-state index contributed by atoms with van der Waals surface area (Å²) in [5.74, 6) is -0.325. The lowest BCUT2D eigenvalue weighted by atomic mass is 10.1. The van der Waals surface area contributed by atoms with Crippen LogP contribution in [0.15, 0.2) is 24.3 Å². The Balaban J connectivity index is 1.43. The molecule has 0 bridgehead atoms. The Morgan fingerprint density at radius 1 is 1.00 bits per heavy atom. The van der Waals surface area contributed by atoms with Gasteiger partial charge in [0.2, 0.25) is 11.8 Å². The molecular weight excluding hydrogens is 324 g/mol. The number of benzene rings is 1. The first-order valence-corrected chi connectivity index (χ1v) is 9.34. The zero-order valence-corrected chi connectivity index (χ0v) is 14.6. The van der Waals surface area contributed by atoms with E-state index in [2.05, 4.69) is 10.6 Å². The molecule has 130 valence electrons. The molecule has 1 aromatic carbocycles. The van der Waals surface area contributed by atoms with E-state index >= 15 is 0 Å². The van der Waals surface area contributed by atoms with Gasteiger partial charge in [-0.15, -0.1) is 0 Å². The molecule has 5 heteroatoms. The highest BCUT2D eigenvalue weighted by atomic mass is 35.5. The van der Waals surface area contributed by atoms with E-state index in [4.69, 9.17) is 11.6 Å². The summed E-state index contributed by atoms with van der Waals surface area (Å²) in [5.41, 5.74) is 0.896. The molecule has 0 saturated heterocycles. The van der Waals surface area contributed by atoms with Gasteiger partial charge in [-0.1, -0.05) is 55.5 Å². The fourth-order valence-corrected chi connectivity index (χ4v) is 3.66. The third-order valence-electron chi connectivity index (χ3n) is 5.08. The molecule has 2 fully saturated rings. The molecule has 2 N–H and O–H groups in total. The monoisotopic (exact) mass is 348 g/mol. The molecule has 2 saturated carbocycles. The van der Waals surface area contributed by atoms with Crippen LogP contribution < -0.4 is 10.6 Å². The zero-order valence-electron chi connectivity index (χ0n) is 13.9. The van der Waals surface area contributed by atoms with Gasteiger partial charge in [-0.3, -0.25) is 9.59 Å². The highest BCUT2D eigenvalue weighted by Gasteiger charge is 2.48. The van der Waals surface area contributed by atoms with E-state index in [0.717, 1.165) is 18.4 Å².